The van der Waals surface area contributed by atoms with E-state index in [0.717, 1.165) is 62.3 Å². The van der Waals surface area contributed by atoms with E-state index in [1.54, 1.807) is 29.2 Å². The molecule has 1 heterocycles. The highest BCUT2D eigenvalue weighted by Gasteiger charge is 2.35. The van der Waals surface area contributed by atoms with Gasteiger partial charge in [0.05, 0.1) is 22.2 Å². The van der Waals surface area contributed by atoms with Crippen molar-refractivity contribution in [1.82, 2.24) is 4.90 Å². The van der Waals surface area contributed by atoms with Crippen LogP contribution in [0, 0.1) is 0 Å². The van der Waals surface area contributed by atoms with Gasteiger partial charge in [0.15, 0.2) is 0 Å². The van der Waals surface area contributed by atoms with Gasteiger partial charge in [-0.25, -0.2) is 4.79 Å². The largest absolute Gasteiger partial charge is 0.478 e. The third-order valence-corrected chi connectivity index (χ3v) is 6.67. The van der Waals surface area contributed by atoms with Gasteiger partial charge in [0.1, 0.15) is 0 Å². The fraction of sp³-hybridized carbons (Fsp3) is 0.619. The number of benzene rings is 1. The summed E-state index contributed by atoms with van der Waals surface area (Å²) in [7, 11) is 0. The van der Waals surface area contributed by atoms with Crippen LogP contribution in [0.5, 0.6) is 0 Å². The third-order valence-electron chi connectivity index (χ3n) is 5.61. The maximum Gasteiger partial charge on any atom is 0.335 e. The monoisotopic (exact) mass is 393 g/mol. The molecule has 5 nitrogen and oxygen atoms in total. The Labute approximate surface area is 167 Å². The molecular formula is C21H29NO4S. The summed E-state index contributed by atoms with van der Waals surface area (Å²) in [5.41, 5.74) is -1.36. The molecule has 1 aromatic carbocycles. The van der Waals surface area contributed by atoms with Gasteiger partial charge >= 0.3 is 5.97 Å². The van der Waals surface area contributed by atoms with Crippen LogP contribution in [0.25, 0.3) is 0 Å². The number of aliphatic hydroxyl groups is 1. The van der Waals surface area contributed by atoms with E-state index in [-0.39, 0.29) is 10.9 Å². The summed E-state index contributed by atoms with van der Waals surface area (Å²) in [4.78, 5) is 25.1. The van der Waals surface area contributed by atoms with Crippen molar-refractivity contribution in [3.8, 4) is 0 Å². The van der Waals surface area contributed by atoms with Gasteiger partial charge in [-0.15, -0.1) is 11.8 Å². The van der Waals surface area contributed by atoms with Crippen LogP contribution in [0.3, 0.4) is 0 Å². The van der Waals surface area contributed by atoms with E-state index in [0.29, 0.717) is 19.4 Å². The van der Waals surface area contributed by atoms with E-state index >= 15 is 0 Å². The van der Waals surface area contributed by atoms with Crippen molar-refractivity contribution in [3.63, 3.8) is 0 Å². The van der Waals surface area contributed by atoms with Crippen LogP contribution in [0.2, 0.25) is 0 Å². The minimum atomic E-state index is -1.91. The summed E-state index contributed by atoms with van der Waals surface area (Å²) in [6, 6.07) is 6.76. The van der Waals surface area contributed by atoms with Gasteiger partial charge in [0.25, 0.3) is 0 Å². The van der Waals surface area contributed by atoms with Crippen molar-refractivity contribution in [2.24, 2.45) is 0 Å². The second-order valence-electron chi connectivity index (χ2n) is 7.60. The summed E-state index contributed by atoms with van der Waals surface area (Å²) in [5, 5.41) is 19.5. The average molecular weight is 394 g/mol. The lowest BCUT2D eigenvalue weighted by molar-refractivity contribution is -0.129. The molecular weight excluding hydrogens is 362 g/mol. The van der Waals surface area contributed by atoms with Crippen LogP contribution in [-0.2, 0) is 11.2 Å². The van der Waals surface area contributed by atoms with Gasteiger partial charge < -0.3 is 15.1 Å². The number of amides is 1. The van der Waals surface area contributed by atoms with E-state index in [1.165, 1.54) is 0 Å². The number of carboxylic acids is 1. The summed E-state index contributed by atoms with van der Waals surface area (Å²) in [5.74, 6) is -1.44. The number of hydrogen-bond donors (Lipinski definition) is 2. The fourth-order valence-corrected chi connectivity index (χ4v) is 4.88. The van der Waals surface area contributed by atoms with E-state index in [1.807, 2.05) is 0 Å². The molecule has 1 aliphatic carbocycles. The molecule has 1 aliphatic heterocycles. The second-order valence-corrected chi connectivity index (χ2v) is 8.59. The highest BCUT2D eigenvalue weighted by Crippen LogP contribution is 2.34. The highest BCUT2D eigenvalue weighted by molar-refractivity contribution is 8.00. The van der Waals surface area contributed by atoms with Crippen molar-refractivity contribution >= 4 is 23.6 Å². The predicted octanol–water partition coefficient (Wildman–Crippen LogP) is 3.69. The van der Waals surface area contributed by atoms with Crippen molar-refractivity contribution in [3.05, 3.63) is 35.4 Å². The number of aryl methyl sites for hydroxylation is 1. The molecule has 1 saturated carbocycles. The Morgan fingerprint density at radius 1 is 1.26 bits per heavy atom. The smallest absolute Gasteiger partial charge is 0.335 e. The van der Waals surface area contributed by atoms with Gasteiger partial charge in [-0.1, -0.05) is 31.4 Å². The number of thioether (sulfide) groups is 1. The average Bonchev–Trinajstić information content (AvgIpc) is 2.90. The number of carbonyl (C=O) groups is 2. The molecule has 2 N–H and O–H groups in total. The zero-order chi connectivity index (χ0) is 21.1. The van der Waals surface area contributed by atoms with Crippen LogP contribution in [0.4, 0.5) is 0 Å². The normalized spacial score (nSPS) is 25.1. The molecule has 27 heavy (non-hydrogen) atoms. The number of carboxylic acid groups (broad SMARTS) is 1. The molecule has 0 radical (unpaired) electrons. The van der Waals surface area contributed by atoms with Crippen LogP contribution in [0.15, 0.2) is 24.3 Å². The minimum absolute atomic E-state index is 0.233. The molecule has 1 amide bonds. The summed E-state index contributed by atoms with van der Waals surface area (Å²) in [6.45, 7) is 0.389. The molecule has 148 valence electrons. The van der Waals surface area contributed by atoms with Crippen molar-refractivity contribution in [2.45, 2.75) is 68.8 Å². The van der Waals surface area contributed by atoms with Gasteiger partial charge in [-0.3, -0.25) is 4.79 Å². The van der Waals surface area contributed by atoms with Crippen LogP contribution in [0.1, 0.15) is 70.0 Å². The molecule has 0 aromatic heterocycles. The maximum atomic E-state index is 12.5. The minimum Gasteiger partial charge on any atom is -0.478 e. The summed E-state index contributed by atoms with van der Waals surface area (Å²) >= 11 is 1.06. The van der Waals surface area contributed by atoms with Gasteiger partial charge in [-0.05, 0) is 56.2 Å². The zero-order valence-electron chi connectivity index (χ0n) is 17.5. The van der Waals surface area contributed by atoms with Gasteiger partial charge in [0, 0.05) is 9.29 Å². The number of rotatable bonds is 8. The molecule has 1 saturated heterocycles. The lowest BCUT2D eigenvalue weighted by atomic mass is 9.82. The Kier molecular flexibility index (Phi) is 5.92. The Morgan fingerprint density at radius 2 is 1.96 bits per heavy atom. The van der Waals surface area contributed by atoms with Gasteiger partial charge in [-0.2, -0.15) is 0 Å². The molecule has 1 unspecified atom stereocenters. The topological polar surface area (TPSA) is 77.8 Å². The Morgan fingerprint density at radius 3 is 2.63 bits per heavy atom. The van der Waals surface area contributed by atoms with Crippen molar-refractivity contribution in [2.75, 3.05) is 12.2 Å². The number of hydrogen-bond acceptors (Lipinski definition) is 4. The second kappa shape index (κ2) is 9.11. The van der Waals surface area contributed by atoms with E-state index < -0.39 is 23.2 Å². The summed E-state index contributed by atoms with van der Waals surface area (Å²) in [6.07, 6.45) is 7.34. The van der Waals surface area contributed by atoms with Gasteiger partial charge in [0.2, 0.25) is 5.91 Å². The molecule has 0 bridgehead atoms. The van der Waals surface area contributed by atoms with Crippen LogP contribution in [-0.4, -0.2) is 50.2 Å². The van der Waals surface area contributed by atoms with Crippen molar-refractivity contribution < 1.29 is 22.5 Å². The van der Waals surface area contributed by atoms with E-state index in [2.05, 4.69) is 0 Å². The van der Waals surface area contributed by atoms with E-state index in [9.17, 15) is 14.7 Å². The first-order valence-electron chi connectivity index (χ1n) is 10.7. The SMILES string of the molecule is [2H]C1([2H])SC(CCCc2ccc(C(=O)O)cc2)N(CCC2(O)CCCCC2)C1=O. The maximum absolute atomic E-state index is 12.5. The highest BCUT2D eigenvalue weighted by atomic mass is 32.2. The number of carbonyl (C=O) groups excluding carboxylic acids is 1. The fourth-order valence-electron chi connectivity index (χ4n) is 3.92. The zero-order valence-corrected chi connectivity index (χ0v) is 16.3. The Hall–Kier alpha value is -1.53. The predicted molar refractivity (Wildman–Crippen MR) is 107 cm³/mol. The Bertz CT molecular complexity index is 735. The van der Waals surface area contributed by atoms with E-state index in [4.69, 9.17) is 7.85 Å². The third kappa shape index (κ3) is 5.48. The molecule has 3 rings (SSSR count). The first-order valence-corrected chi connectivity index (χ1v) is 10.6. The first kappa shape index (κ1) is 17.6. The quantitative estimate of drug-likeness (QED) is 0.704. The molecule has 6 heteroatoms. The molecule has 1 atom stereocenters. The molecule has 0 spiro atoms. The van der Waals surface area contributed by atoms with Crippen LogP contribution < -0.4 is 0 Å². The standard InChI is InChI=1S/C21H29NO4S/c23-18-15-27-19(22(18)14-13-21(26)11-2-1-3-12-21)6-4-5-16-7-9-17(10-8-16)20(24)25/h7-10,19,26H,1-6,11-15H2,(H,24,25)/i15D2. The molecule has 2 aliphatic rings. The Balaban J connectivity index is 1.55. The lowest BCUT2D eigenvalue weighted by Crippen LogP contribution is -2.40. The molecule has 1 aromatic rings. The molecule has 2 fully saturated rings. The number of nitrogens with zero attached hydrogens (tertiary/aromatic N) is 1. The van der Waals surface area contributed by atoms with Crippen LogP contribution >= 0.6 is 11.8 Å². The lowest BCUT2D eigenvalue weighted by Gasteiger charge is -2.34. The van der Waals surface area contributed by atoms with Crippen molar-refractivity contribution in [1.29, 1.82) is 0 Å². The summed E-state index contributed by atoms with van der Waals surface area (Å²) < 4.78 is 16.0. The first-order chi connectivity index (χ1) is 13.7. The number of aromatic carboxylic acids is 1.